The van der Waals surface area contributed by atoms with Crippen LogP contribution in [0.2, 0.25) is 0 Å². The fraction of sp³-hybridized carbons (Fsp3) is 0.333. The number of hydrogen-bond acceptors (Lipinski definition) is 10. The monoisotopic (exact) mass is 882 g/mol. The molecule has 11 heteroatoms. The lowest BCUT2D eigenvalue weighted by atomic mass is 9.98. The van der Waals surface area contributed by atoms with Crippen LogP contribution >= 0.6 is 0 Å². The van der Waals surface area contributed by atoms with Gasteiger partial charge in [-0.15, -0.1) is 0 Å². The van der Waals surface area contributed by atoms with Crippen molar-refractivity contribution in [2.24, 2.45) is 0 Å². The fourth-order valence-corrected chi connectivity index (χ4v) is 7.50. The topological polar surface area (TPSA) is 163 Å². The summed E-state index contributed by atoms with van der Waals surface area (Å²) in [4.78, 5) is 31.8. The van der Waals surface area contributed by atoms with E-state index in [1.54, 1.807) is 19.1 Å². The zero-order chi connectivity index (χ0) is 44.2. The first-order valence-corrected chi connectivity index (χ1v) is 21.8. The Balaban J connectivity index is 0.000000228. The van der Waals surface area contributed by atoms with E-state index in [4.69, 9.17) is 24.7 Å². The van der Waals surface area contributed by atoms with Gasteiger partial charge in [0.25, 0.3) is 0 Å². The lowest BCUT2D eigenvalue weighted by Crippen LogP contribution is -2.14. The van der Waals surface area contributed by atoms with Crippen LogP contribution in [0.5, 0.6) is 11.5 Å². The number of carbonyl (C=O) groups excluding carboxylic acids is 1. The first-order chi connectivity index (χ1) is 30.8. The summed E-state index contributed by atoms with van der Waals surface area (Å²) in [6.07, 6.45) is 7.76. The first-order valence-electron chi connectivity index (χ1n) is 21.8. The predicted octanol–water partition coefficient (Wildman–Crippen LogP) is 9.61. The molecule has 0 bridgehead atoms. The number of fused-ring (bicyclic) bond motifs is 2. The summed E-state index contributed by atoms with van der Waals surface area (Å²) in [6, 6.07) is 39.0. The number of aliphatic hydroxyl groups excluding tert-OH is 1. The van der Waals surface area contributed by atoms with E-state index in [1.807, 2.05) is 91.0 Å². The second-order valence-electron chi connectivity index (χ2n) is 15.5. The third-order valence-corrected chi connectivity index (χ3v) is 10.8. The van der Waals surface area contributed by atoms with Gasteiger partial charge in [-0.3, -0.25) is 9.59 Å². The van der Waals surface area contributed by atoms with Gasteiger partial charge in [0.05, 0.1) is 26.1 Å². The van der Waals surface area contributed by atoms with E-state index >= 15 is 0 Å². The second-order valence-corrected chi connectivity index (χ2v) is 15.5. The lowest BCUT2D eigenvalue weighted by molar-refractivity contribution is -0.142. The number of carbonyl (C=O) groups is 2. The van der Waals surface area contributed by atoms with E-state index in [1.165, 1.54) is 17.5 Å². The zero-order valence-corrected chi connectivity index (χ0v) is 36.0. The Hall–Kier alpha value is -6.72. The van der Waals surface area contributed by atoms with E-state index in [0.29, 0.717) is 32.5 Å². The minimum absolute atomic E-state index is 0. The smallest absolute Gasteiger partial charge is 0.310 e. The van der Waals surface area contributed by atoms with Gasteiger partial charge >= 0.3 is 11.9 Å². The van der Waals surface area contributed by atoms with E-state index < -0.39 is 5.97 Å². The van der Waals surface area contributed by atoms with Crippen LogP contribution in [0.25, 0.3) is 0 Å². The Kier molecular flexibility index (Phi) is 21.0. The predicted molar refractivity (Wildman–Crippen MR) is 260 cm³/mol. The summed E-state index contributed by atoms with van der Waals surface area (Å²) >= 11 is 0. The molecule has 0 unspecified atom stereocenters. The summed E-state index contributed by atoms with van der Waals surface area (Å²) in [5.74, 6) is 2.10. The number of nitrogens with zero attached hydrogens (tertiary/aromatic N) is 2. The number of aromatic nitrogens is 2. The van der Waals surface area contributed by atoms with Crippen LogP contribution in [0.4, 0.5) is 11.6 Å². The normalized spacial score (nSPS) is 12.0. The van der Waals surface area contributed by atoms with Crippen molar-refractivity contribution in [3.8, 4) is 11.5 Å². The molecular formula is C54H66N4O7. The van der Waals surface area contributed by atoms with E-state index in [2.05, 4.69) is 33.8 Å². The van der Waals surface area contributed by atoms with Crippen molar-refractivity contribution in [3.63, 3.8) is 0 Å². The number of aliphatic hydroxyl groups is 1. The van der Waals surface area contributed by atoms with Crippen LogP contribution in [-0.2, 0) is 65.7 Å². The number of aromatic hydroxyl groups is 1. The van der Waals surface area contributed by atoms with Gasteiger partial charge in [-0.2, -0.15) is 0 Å². The van der Waals surface area contributed by atoms with Gasteiger partial charge in [0.15, 0.2) is 0 Å². The van der Waals surface area contributed by atoms with Gasteiger partial charge in [-0.05, 0) is 126 Å². The Bertz CT molecular complexity index is 2390. The summed E-state index contributed by atoms with van der Waals surface area (Å²) in [5.41, 5.74) is 10.8. The van der Waals surface area contributed by atoms with E-state index in [-0.39, 0.29) is 39.6 Å². The van der Waals surface area contributed by atoms with Crippen LogP contribution in [0, 0.1) is 0 Å². The molecular weight excluding hydrogens is 817 g/mol. The number of benzene rings is 4. The number of ether oxygens (including phenoxy) is 2. The summed E-state index contributed by atoms with van der Waals surface area (Å²) < 4.78 is 10.9. The van der Waals surface area contributed by atoms with Crippen LogP contribution < -0.4 is 15.4 Å². The van der Waals surface area contributed by atoms with E-state index in [0.717, 1.165) is 107 Å². The van der Waals surface area contributed by atoms with Gasteiger partial charge < -0.3 is 35.4 Å². The van der Waals surface area contributed by atoms with Gasteiger partial charge in [0.1, 0.15) is 23.1 Å². The van der Waals surface area contributed by atoms with Crippen molar-refractivity contribution < 1.29 is 34.4 Å². The van der Waals surface area contributed by atoms with Gasteiger partial charge in [0.2, 0.25) is 0 Å². The van der Waals surface area contributed by atoms with Crippen LogP contribution in [-0.4, -0.2) is 70.1 Å². The van der Waals surface area contributed by atoms with Crippen molar-refractivity contribution >= 4 is 23.6 Å². The molecule has 0 saturated carbocycles. The molecule has 0 amide bonds. The minimum Gasteiger partial charge on any atom is -0.508 e. The molecule has 2 aromatic heterocycles. The van der Waals surface area contributed by atoms with Gasteiger partial charge in [-0.1, -0.05) is 99.8 Å². The number of aliphatic carboxylic acids is 1. The SMILES string of the molecule is C.C.CCOC(=O)Cc1ccccc1Cc1ccc(O)cc1.O=C(O)Cc1ccccc1Cc1ccc(OCCc2ccc3c(n2)NCCC3)cc1.OCCc1ccc2c(n1)NCCC2. The van der Waals surface area contributed by atoms with Crippen molar-refractivity contribution in [1.82, 2.24) is 9.97 Å². The number of carboxylic acids is 1. The molecule has 0 saturated heterocycles. The molecule has 0 spiro atoms. The number of phenols is 1. The van der Waals surface area contributed by atoms with Crippen molar-refractivity contribution in [2.75, 3.05) is 43.5 Å². The number of esters is 1. The molecule has 65 heavy (non-hydrogen) atoms. The molecule has 8 rings (SSSR count). The maximum Gasteiger partial charge on any atom is 0.310 e. The Morgan fingerprint density at radius 3 is 1.63 bits per heavy atom. The third kappa shape index (κ3) is 16.4. The maximum absolute atomic E-state index is 11.6. The summed E-state index contributed by atoms with van der Waals surface area (Å²) in [6.45, 7) is 4.97. The average molecular weight is 883 g/mol. The Morgan fingerprint density at radius 2 is 1.12 bits per heavy atom. The third-order valence-electron chi connectivity index (χ3n) is 10.8. The van der Waals surface area contributed by atoms with Crippen molar-refractivity contribution in [1.29, 1.82) is 0 Å². The summed E-state index contributed by atoms with van der Waals surface area (Å²) in [5, 5.41) is 33.8. The van der Waals surface area contributed by atoms with Gasteiger partial charge in [-0.25, -0.2) is 9.97 Å². The molecule has 0 fully saturated rings. The molecule has 2 aliphatic heterocycles. The quantitative estimate of drug-likeness (QED) is 0.0625. The number of carboxylic acid groups (broad SMARTS) is 1. The average Bonchev–Trinajstić information content (AvgIpc) is 3.29. The largest absolute Gasteiger partial charge is 0.508 e. The molecule has 6 aromatic rings. The number of aryl methyl sites for hydroxylation is 2. The molecule has 4 aromatic carbocycles. The van der Waals surface area contributed by atoms with Crippen LogP contribution in [0.1, 0.15) is 90.5 Å². The lowest BCUT2D eigenvalue weighted by Gasteiger charge is -2.17. The molecule has 4 heterocycles. The molecule has 0 aliphatic carbocycles. The molecule has 11 nitrogen and oxygen atoms in total. The molecule has 5 N–H and O–H groups in total. The number of hydrogen-bond donors (Lipinski definition) is 5. The molecule has 344 valence electrons. The molecule has 0 atom stereocenters. The molecule has 0 radical (unpaired) electrons. The second kappa shape index (κ2) is 26.8. The zero-order valence-electron chi connectivity index (χ0n) is 36.0. The van der Waals surface area contributed by atoms with Crippen molar-refractivity contribution in [2.45, 2.75) is 86.0 Å². The van der Waals surface area contributed by atoms with E-state index in [9.17, 15) is 14.7 Å². The minimum atomic E-state index is -0.810. The maximum atomic E-state index is 11.6. The highest BCUT2D eigenvalue weighted by Crippen LogP contribution is 2.23. The number of anilines is 2. The Labute approximate surface area is 384 Å². The number of nitrogens with one attached hydrogen (secondary N) is 2. The first kappa shape index (κ1) is 50.9. The highest BCUT2D eigenvalue weighted by molar-refractivity contribution is 5.73. The number of phenolic OH excluding ortho intramolecular Hbond substituents is 1. The van der Waals surface area contributed by atoms with Crippen LogP contribution in [0.3, 0.4) is 0 Å². The number of pyridine rings is 2. The van der Waals surface area contributed by atoms with Gasteiger partial charge in [0, 0.05) is 43.9 Å². The standard InChI is InChI=1S/C25H26N2O3.C17H18O3.C10H14N2O.2CH4/c28-24(29)17-21-5-2-1-4-20(21)16-18-7-11-23(12-8-18)30-15-13-22-10-9-19-6-3-14-26-25(19)27-22;1-2-20-17(19)12-15-6-4-3-5-14(15)11-13-7-9-16(18)10-8-13;13-7-5-9-4-3-8-2-1-6-11-10(8)12-9;;/h1-2,4-5,7-12H,3,6,13-17H2,(H,26,27)(H,28,29);3-10,18H,2,11-12H2,1H3;3-4,13H,1-2,5-7H2,(H,11,12);2*1H4. The number of rotatable bonds is 15. The van der Waals surface area contributed by atoms with Crippen LogP contribution in [0.15, 0.2) is 121 Å². The molecule has 2 aliphatic rings. The Morgan fingerprint density at radius 1 is 0.631 bits per heavy atom. The highest BCUT2D eigenvalue weighted by atomic mass is 16.5. The fourth-order valence-electron chi connectivity index (χ4n) is 7.50. The summed E-state index contributed by atoms with van der Waals surface area (Å²) in [7, 11) is 0. The van der Waals surface area contributed by atoms with Crippen molar-refractivity contribution in [3.05, 3.63) is 177 Å². The highest BCUT2D eigenvalue weighted by Gasteiger charge is 2.13.